The quantitative estimate of drug-likeness (QED) is 0.209. The first-order chi connectivity index (χ1) is 20.9. The van der Waals surface area contributed by atoms with E-state index in [1.165, 1.54) is 6.33 Å². The van der Waals surface area contributed by atoms with Crippen LogP contribution in [0.3, 0.4) is 0 Å². The van der Waals surface area contributed by atoms with Gasteiger partial charge in [-0.15, -0.1) is 0 Å². The third-order valence-electron chi connectivity index (χ3n) is 8.19. The maximum Gasteiger partial charge on any atom is 0.290 e. The van der Waals surface area contributed by atoms with Crippen molar-refractivity contribution in [1.82, 2.24) is 29.9 Å². The third kappa shape index (κ3) is 6.44. The van der Waals surface area contributed by atoms with E-state index in [9.17, 15) is 10.0 Å². The minimum absolute atomic E-state index is 0.139. The van der Waals surface area contributed by atoms with E-state index in [1.54, 1.807) is 12.1 Å². The summed E-state index contributed by atoms with van der Waals surface area (Å²) in [6.07, 6.45) is 7.96. The molecule has 3 aromatic heterocycles. The first kappa shape index (κ1) is 29.9. The van der Waals surface area contributed by atoms with Crippen molar-refractivity contribution < 1.29 is 25.0 Å². The Morgan fingerprint density at radius 1 is 1.07 bits per heavy atom. The van der Waals surface area contributed by atoms with Crippen molar-refractivity contribution in [2.24, 2.45) is 4.99 Å². The van der Waals surface area contributed by atoms with Gasteiger partial charge in [0.2, 0.25) is 0 Å². The van der Waals surface area contributed by atoms with E-state index in [0.717, 1.165) is 74.3 Å². The lowest BCUT2D eigenvalue weighted by atomic mass is 9.79. The zero-order valence-electron chi connectivity index (χ0n) is 24.1. The number of nitrogens with zero attached hydrogens (tertiary/aromatic N) is 7. The molecular formula is C29H37N9O5. The van der Waals surface area contributed by atoms with Crippen LogP contribution in [0.15, 0.2) is 41.8 Å². The Kier molecular flexibility index (Phi) is 9.16. The number of hydrogen-bond donors (Lipinski definition) is 5. The van der Waals surface area contributed by atoms with Crippen LogP contribution in [0.2, 0.25) is 0 Å². The first-order valence-electron chi connectivity index (χ1n) is 14.4. The Morgan fingerprint density at radius 2 is 1.81 bits per heavy atom. The average molecular weight is 592 g/mol. The maximum atomic E-state index is 12.8. The van der Waals surface area contributed by atoms with Gasteiger partial charge in [0.05, 0.1) is 35.3 Å². The molecule has 0 radical (unpaired) electrons. The molecule has 0 unspecified atom stereocenters. The predicted molar refractivity (Wildman–Crippen MR) is 158 cm³/mol. The van der Waals surface area contributed by atoms with Gasteiger partial charge < -0.3 is 31.0 Å². The van der Waals surface area contributed by atoms with Gasteiger partial charge in [0, 0.05) is 38.8 Å². The lowest BCUT2D eigenvalue weighted by Gasteiger charge is -2.35. The Labute approximate surface area is 248 Å². The van der Waals surface area contributed by atoms with Gasteiger partial charge in [0.1, 0.15) is 18.0 Å². The Hall–Kier alpha value is -4.56. The molecule has 5 heterocycles. The molecule has 1 aliphatic carbocycles. The summed E-state index contributed by atoms with van der Waals surface area (Å²) < 4.78 is 1.06. The van der Waals surface area contributed by atoms with E-state index in [-0.39, 0.29) is 19.0 Å². The monoisotopic (exact) mass is 591 g/mol. The number of fused-ring (bicyclic) bond motifs is 2. The van der Waals surface area contributed by atoms with Crippen LogP contribution in [0.1, 0.15) is 53.7 Å². The number of piperazine rings is 1. The number of carboxylic acid groups (broad SMARTS) is 1. The summed E-state index contributed by atoms with van der Waals surface area (Å²) >= 11 is 0. The first-order valence-corrected chi connectivity index (χ1v) is 14.4. The van der Waals surface area contributed by atoms with E-state index in [4.69, 9.17) is 15.0 Å². The van der Waals surface area contributed by atoms with E-state index >= 15 is 0 Å². The highest BCUT2D eigenvalue weighted by atomic mass is 16.5. The van der Waals surface area contributed by atoms with Gasteiger partial charge in [-0.05, 0) is 43.5 Å². The number of amides is 1. The summed E-state index contributed by atoms with van der Waals surface area (Å²) in [6, 6.07) is 7.34. The second-order valence-corrected chi connectivity index (χ2v) is 10.9. The van der Waals surface area contributed by atoms with Crippen molar-refractivity contribution in [2.75, 3.05) is 49.5 Å². The number of anilines is 3. The molecular weight excluding hydrogens is 554 g/mol. The highest BCUT2D eigenvalue weighted by Crippen LogP contribution is 2.42. The van der Waals surface area contributed by atoms with Crippen molar-refractivity contribution >= 4 is 35.5 Å². The lowest BCUT2D eigenvalue weighted by molar-refractivity contribution is -0.122. The van der Waals surface area contributed by atoms with Gasteiger partial charge in [-0.2, -0.15) is 4.73 Å². The highest BCUT2D eigenvalue weighted by Gasteiger charge is 2.47. The van der Waals surface area contributed by atoms with Crippen LogP contribution in [-0.4, -0.2) is 91.7 Å². The molecule has 6 rings (SSSR count). The molecule has 43 heavy (non-hydrogen) atoms. The standard InChI is InChI=1S/C28H35N9O3.CH2O2/c1-19-15-24(37(40)26-25(19)27(39)34-28(26)7-3-2-4-8-28)33-23-16-22(30-18-31-23)32-21-6-5-20(17-29-21)36-11-9-35(10-12-36)13-14-38;2-1-3/h5-6,15-18,38,40H,2-4,7-14H2,1H3,(H,34,39)(H,29,30,31,32);1H,(H,2,3). The molecule has 1 amide bonds. The summed E-state index contributed by atoms with van der Waals surface area (Å²) in [5.74, 6) is 1.39. The van der Waals surface area contributed by atoms with Crippen LogP contribution in [0, 0.1) is 6.92 Å². The fourth-order valence-electron chi connectivity index (χ4n) is 6.14. The number of aliphatic hydroxyl groups excluding tert-OH is 1. The number of rotatable bonds is 6. The molecule has 0 bridgehead atoms. The normalized spacial score (nSPS) is 18.0. The van der Waals surface area contributed by atoms with Crippen molar-refractivity contribution in [3.8, 4) is 0 Å². The minimum atomic E-state index is -0.557. The van der Waals surface area contributed by atoms with Crippen molar-refractivity contribution in [3.05, 3.63) is 59.1 Å². The molecule has 5 N–H and O–H groups in total. The second kappa shape index (κ2) is 13.2. The van der Waals surface area contributed by atoms with E-state index in [2.05, 4.69) is 40.4 Å². The van der Waals surface area contributed by atoms with Crippen LogP contribution in [0.5, 0.6) is 0 Å². The van der Waals surface area contributed by atoms with Gasteiger partial charge in [-0.3, -0.25) is 14.5 Å². The Balaban J connectivity index is 0.00000118. The van der Waals surface area contributed by atoms with Crippen LogP contribution in [0.25, 0.3) is 0 Å². The predicted octanol–water partition coefficient (Wildman–Crippen LogP) is 1.91. The molecule has 2 aliphatic heterocycles. The topological polar surface area (TPSA) is 181 Å². The molecule has 0 aromatic carbocycles. The smallest absolute Gasteiger partial charge is 0.290 e. The number of pyridine rings is 2. The van der Waals surface area contributed by atoms with Gasteiger partial charge in [0.25, 0.3) is 12.4 Å². The second-order valence-electron chi connectivity index (χ2n) is 10.9. The molecule has 2 fully saturated rings. The van der Waals surface area contributed by atoms with Gasteiger partial charge in [-0.25, -0.2) is 19.9 Å². The zero-order valence-corrected chi connectivity index (χ0v) is 24.1. The number of β-amino-alcohol motifs (C(OH)–C–C–N with tert-alkyl or cyclic N) is 1. The molecule has 228 valence electrons. The molecule has 3 aromatic rings. The van der Waals surface area contributed by atoms with Gasteiger partial charge >= 0.3 is 0 Å². The molecule has 3 aliphatic rings. The zero-order chi connectivity index (χ0) is 30.4. The van der Waals surface area contributed by atoms with Crippen LogP contribution in [0.4, 0.5) is 23.1 Å². The summed E-state index contributed by atoms with van der Waals surface area (Å²) in [5.41, 5.74) is 2.71. The number of aryl methyl sites for hydroxylation is 1. The van der Waals surface area contributed by atoms with Crippen molar-refractivity contribution in [2.45, 2.75) is 44.6 Å². The molecule has 0 atom stereocenters. The fourth-order valence-corrected chi connectivity index (χ4v) is 6.14. The van der Waals surface area contributed by atoms with Gasteiger partial charge in [-0.1, -0.05) is 19.3 Å². The van der Waals surface area contributed by atoms with Crippen molar-refractivity contribution in [3.63, 3.8) is 0 Å². The summed E-state index contributed by atoms with van der Waals surface area (Å²) in [5, 5.41) is 33.6. The van der Waals surface area contributed by atoms with Crippen molar-refractivity contribution in [1.29, 1.82) is 0 Å². The summed E-state index contributed by atoms with van der Waals surface area (Å²) in [4.78, 5) is 43.5. The number of carbonyl (C=O) groups excluding carboxylic acids is 1. The molecule has 14 nitrogen and oxygen atoms in total. The van der Waals surface area contributed by atoms with E-state index in [1.807, 2.05) is 25.3 Å². The number of carbonyl (C=O) groups is 2. The Bertz CT molecular complexity index is 1510. The van der Waals surface area contributed by atoms with Crippen LogP contribution >= 0.6 is 0 Å². The summed E-state index contributed by atoms with van der Waals surface area (Å²) in [7, 11) is 0. The summed E-state index contributed by atoms with van der Waals surface area (Å²) in [6.45, 7) is 6.14. The van der Waals surface area contributed by atoms with E-state index in [0.29, 0.717) is 40.7 Å². The Morgan fingerprint density at radius 3 is 2.49 bits per heavy atom. The number of aliphatic hydroxyl groups is 1. The average Bonchev–Trinajstić information content (AvgIpc) is 3.29. The maximum absolute atomic E-state index is 12.8. The molecule has 1 saturated heterocycles. The number of aromatic nitrogens is 4. The minimum Gasteiger partial charge on any atom is -0.483 e. The highest BCUT2D eigenvalue weighted by molar-refractivity contribution is 6.00. The van der Waals surface area contributed by atoms with Crippen LogP contribution < -0.4 is 21.0 Å². The molecule has 14 heteroatoms. The largest absolute Gasteiger partial charge is 0.483 e. The third-order valence-corrected chi connectivity index (χ3v) is 8.19. The number of nitrogens with one attached hydrogen (secondary N) is 2. The molecule has 1 spiro atoms. The van der Waals surface area contributed by atoms with Gasteiger partial charge in [0.15, 0.2) is 11.3 Å². The number of hydrogen-bond acceptors (Lipinski definition) is 11. The van der Waals surface area contributed by atoms with E-state index < -0.39 is 5.54 Å². The lowest BCUT2D eigenvalue weighted by Crippen LogP contribution is -2.47. The molecule has 1 saturated carbocycles. The fraction of sp³-hybridized carbons (Fsp3) is 0.448. The van der Waals surface area contributed by atoms with Crippen LogP contribution in [-0.2, 0) is 10.3 Å². The SMILES string of the molecule is Cc1cc(=Nc2cc(Nc3ccc(N4CCN(CCO)CC4)cn3)ncn2)n(O)c2c1C(=O)NC21CCCCC1.O=CO.